The van der Waals surface area contributed by atoms with Crippen LogP contribution >= 0.6 is 0 Å². The molecule has 28 heavy (non-hydrogen) atoms. The minimum absolute atomic E-state index is 0.0963. The summed E-state index contributed by atoms with van der Waals surface area (Å²) in [7, 11) is 0. The summed E-state index contributed by atoms with van der Waals surface area (Å²) in [5.41, 5.74) is 3.68. The lowest BCUT2D eigenvalue weighted by Gasteiger charge is -2.06. The highest BCUT2D eigenvalue weighted by Gasteiger charge is 2.10. The number of H-pyrrole nitrogens is 1. The van der Waals surface area contributed by atoms with Gasteiger partial charge in [-0.15, -0.1) is 0 Å². The highest BCUT2D eigenvalue weighted by atomic mass is 16.1. The van der Waals surface area contributed by atoms with Gasteiger partial charge in [-0.3, -0.25) is 14.2 Å². The van der Waals surface area contributed by atoms with Gasteiger partial charge >= 0.3 is 0 Å². The number of hydrogen-bond acceptors (Lipinski definition) is 3. The first kappa shape index (κ1) is 16.5. The van der Waals surface area contributed by atoms with Gasteiger partial charge in [-0.2, -0.15) is 0 Å². The number of aryl methyl sites for hydroxylation is 2. The zero-order chi connectivity index (χ0) is 18.9. The molecule has 0 fully saturated rings. The highest BCUT2D eigenvalue weighted by Crippen LogP contribution is 2.19. The van der Waals surface area contributed by atoms with Gasteiger partial charge in [0.05, 0.1) is 11.4 Å². The molecule has 0 amide bonds. The number of imidazole rings is 1. The summed E-state index contributed by atoms with van der Waals surface area (Å²) < 4.78 is 3.61. The number of fused-ring (bicyclic) bond motifs is 2. The number of nitrogens with zero attached hydrogens (tertiary/aromatic N) is 4. The van der Waals surface area contributed by atoms with Crippen LogP contribution in [0, 0.1) is 0 Å². The summed E-state index contributed by atoms with van der Waals surface area (Å²) in [5.74, 6) is 0.645. The van der Waals surface area contributed by atoms with Crippen molar-refractivity contribution in [3.63, 3.8) is 0 Å². The van der Waals surface area contributed by atoms with E-state index in [0.717, 1.165) is 24.9 Å². The molecule has 0 bridgehead atoms. The molecule has 0 aliphatic rings. The van der Waals surface area contributed by atoms with E-state index in [-0.39, 0.29) is 5.56 Å². The van der Waals surface area contributed by atoms with E-state index in [1.54, 1.807) is 16.8 Å². The second-order valence-electron chi connectivity index (χ2n) is 6.82. The normalized spacial score (nSPS) is 11.4. The summed E-state index contributed by atoms with van der Waals surface area (Å²) in [4.78, 5) is 24.8. The highest BCUT2D eigenvalue weighted by molar-refractivity contribution is 5.83. The first-order chi connectivity index (χ1) is 13.8. The Kier molecular flexibility index (Phi) is 4.01. The van der Waals surface area contributed by atoms with Crippen LogP contribution in [0.2, 0.25) is 0 Å². The van der Waals surface area contributed by atoms with Crippen LogP contribution < -0.4 is 5.56 Å². The fourth-order valence-corrected chi connectivity index (χ4v) is 3.63. The van der Waals surface area contributed by atoms with E-state index in [2.05, 4.69) is 39.3 Å². The van der Waals surface area contributed by atoms with Crippen LogP contribution in [0.25, 0.3) is 28.1 Å². The van der Waals surface area contributed by atoms with Gasteiger partial charge in [0.1, 0.15) is 0 Å². The van der Waals surface area contributed by atoms with Gasteiger partial charge in [0, 0.05) is 48.3 Å². The Morgan fingerprint density at radius 2 is 1.89 bits per heavy atom. The largest absolute Gasteiger partial charge is 0.361 e. The SMILES string of the molecule is O=c1cc(-c2ccccn2)nc2n(CCCc3c[nH]c4ccccc34)ccn12. The molecule has 5 rings (SSSR count). The average Bonchev–Trinajstić information content (AvgIpc) is 3.34. The molecule has 0 radical (unpaired) electrons. The minimum atomic E-state index is -0.0963. The molecule has 0 unspecified atom stereocenters. The Morgan fingerprint density at radius 1 is 1.00 bits per heavy atom. The van der Waals surface area contributed by atoms with Gasteiger partial charge in [-0.05, 0) is 36.6 Å². The number of benzene rings is 1. The monoisotopic (exact) mass is 369 g/mol. The minimum Gasteiger partial charge on any atom is -0.361 e. The van der Waals surface area contributed by atoms with Crippen molar-refractivity contribution in [2.45, 2.75) is 19.4 Å². The molecule has 0 aliphatic carbocycles. The zero-order valence-electron chi connectivity index (χ0n) is 15.2. The van der Waals surface area contributed by atoms with E-state index in [1.807, 2.05) is 35.0 Å². The van der Waals surface area contributed by atoms with Gasteiger partial charge in [0.2, 0.25) is 5.78 Å². The van der Waals surface area contributed by atoms with Gasteiger partial charge in [0.25, 0.3) is 5.56 Å². The van der Waals surface area contributed by atoms with Crippen molar-refractivity contribution in [2.75, 3.05) is 0 Å². The quantitative estimate of drug-likeness (QED) is 0.514. The molecule has 4 aromatic heterocycles. The smallest absolute Gasteiger partial charge is 0.259 e. The number of pyridine rings is 1. The predicted molar refractivity (Wildman–Crippen MR) is 109 cm³/mol. The molecule has 6 heteroatoms. The van der Waals surface area contributed by atoms with E-state index in [0.29, 0.717) is 17.2 Å². The Morgan fingerprint density at radius 3 is 2.79 bits per heavy atom. The van der Waals surface area contributed by atoms with Crippen molar-refractivity contribution in [1.29, 1.82) is 0 Å². The summed E-state index contributed by atoms with van der Waals surface area (Å²) >= 11 is 0. The van der Waals surface area contributed by atoms with Crippen LogP contribution in [0.3, 0.4) is 0 Å². The molecule has 0 saturated heterocycles. The number of aromatic amines is 1. The maximum absolute atomic E-state index is 12.5. The summed E-state index contributed by atoms with van der Waals surface area (Å²) in [5, 5.41) is 1.27. The Bertz CT molecular complexity index is 1310. The number of para-hydroxylation sites is 1. The Labute approximate surface area is 161 Å². The zero-order valence-corrected chi connectivity index (χ0v) is 15.2. The van der Waals surface area contributed by atoms with Crippen LogP contribution in [0.1, 0.15) is 12.0 Å². The molecule has 6 nitrogen and oxygen atoms in total. The Hall–Kier alpha value is -3.67. The fraction of sp³-hybridized carbons (Fsp3) is 0.136. The van der Waals surface area contributed by atoms with Gasteiger partial charge in [-0.1, -0.05) is 24.3 Å². The summed E-state index contributed by atoms with van der Waals surface area (Å²) in [6, 6.07) is 15.5. The molecule has 0 saturated carbocycles. The van der Waals surface area contributed by atoms with Gasteiger partial charge in [-0.25, -0.2) is 4.98 Å². The number of hydrogen-bond donors (Lipinski definition) is 1. The van der Waals surface area contributed by atoms with E-state index in [9.17, 15) is 4.79 Å². The lowest BCUT2D eigenvalue weighted by Crippen LogP contribution is -2.14. The molecule has 0 spiro atoms. The lowest BCUT2D eigenvalue weighted by molar-refractivity contribution is 0.654. The average molecular weight is 369 g/mol. The molecular weight excluding hydrogens is 350 g/mol. The summed E-state index contributed by atoms with van der Waals surface area (Å²) in [6.07, 6.45) is 9.40. The van der Waals surface area contributed by atoms with Crippen LogP contribution in [-0.4, -0.2) is 23.9 Å². The summed E-state index contributed by atoms with van der Waals surface area (Å²) in [6.45, 7) is 0.786. The third kappa shape index (κ3) is 2.89. The second-order valence-corrected chi connectivity index (χ2v) is 6.82. The third-order valence-corrected chi connectivity index (χ3v) is 5.03. The number of nitrogens with one attached hydrogen (secondary N) is 1. The van der Waals surface area contributed by atoms with Crippen LogP contribution in [-0.2, 0) is 13.0 Å². The molecule has 138 valence electrons. The van der Waals surface area contributed by atoms with Gasteiger partial charge < -0.3 is 9.55 Å². The van der Waals surface area contributed by atoms with E-state index < -0.39 is 0 Å². The van der Waals surface area contributed by atoms with Crippen molar-refractivity contribution in [2.24, 2.45) is 0 Å². The van der Waals surface area contributed by atoms with Crippen LogP contribution in [0.15, 0.2) is 78.1 Å². The molecular formula is C22H19N5O. The number of aromatic nitrogens is 5. The van der Waals surface area contributed by atoms with Gasteiger partial charge in [0.15, 0.2) is 0 Å². The molecule has 4 heterocycles. The standard InChI is InChI=1S/C22H19N5O/c28-21-14-20(19-9-3-4-10-23-19)25-22-26(12-13-27(21)22)11-5-6-16-15-24-18-8-2-1-7-17(16)18/h1-4,7-10,12-15,24H,5-6,11H2. The van der Waals surface area contributed by atoms with Crippen LogP contribution in [0.5, 0.6) is 0 Å². The van der Waals surface area contributed by atoms with Crippen LogP contribution in [0.4, 0.5) is 0 Å². The molecule has 0 aliphatic heterocycles. The topological polar surface area (TPSA) is 68.0 Å². The first-order valence-electron chi connectivity index (χ1n) is 9.34. The molecule has 5 aromatic rings. The second kappa shape index (κ2) is 6.81. The van der Waals surface area contributed by atoms with Crippen molar-refractivity contribution in [3.8, 4) is 11.4 Å². The molecule has 1 N–H and O–H groups in total. The lowest BCUT2D eigenvalue weighted by atomic mass is 10.1. The van der Waals surface area contributed by atoms with Crippen molar-refractivity contribution in [3.05, 3.63) is 89.2 Å². The maximum atomic E-state index is 12.5. The van der Waals surface area contributed by atoms with E-state index >= 15 is 0 Å². The molecule has 1 aromatic carbocycles. The Balaban J connectivity index is 1.41. The predicted octanol–water partition coefficient (Wildman–Crippen LogP) is 3.67. The fourth-order valence-electron chi connectivity index (χ4n) is 3.63. The molecule has 0 atom stereocenters. The van der Waals surface area contributed by atoms with Crippen molar-refractivity contribution in [1.82, 2.24) is 23.9 Å². The van der Waals surface area contributed by atoms with E-state index in [4.69, 9.17) is 0 Å². The first-order valence-corrected chi connectivity index (χ1v) is 9.34. The number of rotatable bonds is 5. The van der Waals surface area contributed by atoms with Crippen molar-refractivity contribution >= 4 is 16.7 Å². The third-order valence-electron chi connectivity index (χ3n) is 5.03. The maximum Gasteiger partial charge on any atom is 0.259 e. The van der Waals surface area contributed by atoms with Crippen molar-refractivity contribution < 1.29 is 0 Å². The van der Waals surface area contributed by atoms with E-state index in [1.165, 1.54) is 17.0 Å².